The molecule has 0 aromatic rings. The summed E-state index contributed by atoms with van der Waals surface area (Å²) in [4.78, 5) is 38.7. The number of carboxylic acid groups (broad SMARTS) is 2. The third-order valence-electron chi connectivity index (χ3n) is 15.1. The molecular formula is C36H54O10. The van der Waals surface area contributed by atoms with Gasteiger partial charge in [-0.1, -0.05) is 47.1 Å². The highest BCUT2D eigenvalue weighted by Crippen LogP contribution is 2.75. The lowest BCUT2D eigenvalue weighted by Crippen LogP contribution is -2.67. The van der Waals surface area contributed by atoms with Crippen molar-refractivity contribution in [3.05, 3.63) is 11.6 Å². The maximum atomic E-state index is 14.6. The summed E-state index contributed by atoms with van der Waals surface area (Å²) in [5.41, 5.74) is -1.03. The summed E-state index contributed by atoms with van der Waals surface area (Å²) in [6.45, 7) is 15.3. The van der Waals surface area contributed by atoms with Crippen LogP contribution in [0.15, 0.2) is 11.6 Å². The molecule has 1 heterocycles. The molecule has 6 rings (SSSR count). The van der Waals surface area contributed by atoms with Crippen LogP contribution in [0.3, 0.4) is 0 Å². The lowest BCUT2D eigenvalue weighted by Gasteiger charge is -2.70. The average Bonchev–Trinajstić information content (AvgIpc) is 2.96. The van der Waals surface area contributed by atoms with Crippen LogP contribution >= 0.6 is 0 Å². The van der Waals surface area contributed by atoms with Crippen molar-refractivity contribution < 1.29 is 49.4 Å². The number of carbonyl (C=O) groups is 3. The van der Waals surface area contributed by atoms with Crippen molar-refractivity contribution in [3.8, 4) is 0 Å². The number of carbonyl (C=O) groups excluding carboxylic acids is 1. The van der Waals surface area contributed by atoms with Crippen molar-refractivity contribution >= 4 is 17.7 Å². The molecule has 0 aromatic heterocycles. The largest absolute Gasteiger partial charge is 0.481 e. The molecule has 0 amide bonds. The minimum Gasteiger partial charge on any atom is -0.481 e. The molecule has 0 bridgehead atoms. The Bertz CT molecular complexity index is 1340. The smallest absolute Gasteiger partial charge is 0.335 e. The van der Waals surface area contributed by atoms with E-state index in [0.717, 1.165) is 32.1 Å². The lowest BCUT2D eigenvalue weighted by molar-refractivity contribution is -0.323. The summed E-state index contributed by atoms with van der Waals surface area (Å²) in [7, 11) is 0. The molecule has 46 heavy (non-hydrogen) atoms. The van der Waals surface area contributed by atoms with E-state index in [1.807, 2.05) is 13.0 Å². The van der Waals surface area contributed by atoms with Gasteiger partial charge in [-0.05, 0) is 110 Å². The van der Waals surface area contributed by atoms with Crippen LogP contribution in [0, 0.1) is 50.2 Å². The molecule has 1 saturated heterocycles. The molecule has 14 atom stereocenters. The summed E-state index contributed by atoms with van der Waals surface area (Å²) in [5, 5.41) is 50.9. The highest BCUT2D eigenvalue weighted by molar-refractivity contribution is 5.95. The monoisotopic (exact) mass is 646 g/mol. The van der Waals surface area contributed by atoms with Crippen molar-refractivity contribution in [2.45, 2.75) is 143 Å². The third-order valence-corrected chi connectivity index (χ3v) is 15.1. The predicted molar refractivity (Wildman–Crippen MR) is 166 cm³/mol. The van der Waals surface area contributed by atoms with E-state index in [0.29, 0.717) is 25.7 Å². The molecule has 0 radical (unpaired) electrons. The fourth-order valence-electron chi connectivity index (χ4n) is 11.9. The number of carboxylic acids is 2. The van der Waals surface area contributed by atoms with Gasteiger partial charge in [0.25, 0.3) is 0 Å². The minimum absolute atomic E-state index is 0.0166. The van der Waals surface area contributed by atoms with Crippen LogP contribution in [-0.2, 0) is 23.9 Å². The van der Waals surface area contributed by atoms with E-state index in [1.165, 1.54) is 5.57 Å². The van der Waals surface area contributed by atoms with Crippen molar-refractivity contribution in [2.24, 2.45) is 50.2 Å². The Morgan fingerprint density at radius 2 is 1.50 bits per heavy atom. The van der Waals surface area contributed by atoms with Crippen LogP contribution in [0.2, 0.25) is 0 Å². The Morgan fingerprint density at radius 1 is 0.848 bits per heavy atom. The summed E-state index contributed by atoms with van der Waals surface area (Å²) < 4.78 is 11.8. The maximum absolute atomic E-state index is 14.6. The van der Waals surface area contributed by atoms with Gasteiger partial charge in [0.2, 0.25) is 0 Å². The Kier molecular flexibility index (Phi) is 7.82. The molecule has 6 aliphatic rings. The molecule has 258 valence electrons. The second kappa shape index (κ2) is 10.6. The summed E-state index contributed by atoms with van der Waals surface area (Å²) >= 11 is 0. The van der Waals surface area contributed by atoms with E-state index in [2.05, 4.69) is 41.5 Å². The Hall–Kier alpha value is -1.85. The number of rotatable bonds is 4. The van der Waals surface area contributed by atoms with Gasteiger partial charge in [-0.3, -0.25) is 9.59 Å². The van der Waals surface area contributed by atoms with Gasteiger partial charge < -0.3 is 35.0 Å². The van der Waals surface area contributed by atoms with E-state index in [4.69, 9.17) is 9.47 Å². The first-order chi connectivity index (χ1) is 21.2. The quantitative estimate of drug-likeness (QED) is 0.277. The second-order valence-electron chi connectivity index (χ2n) is 17.8. The number of hydrogen-bond acceptors (Lipinski definition) is 8. The van der Waals surface area contributed by atoms with Crippen molar-refractivity contribution in [1.29, 1.82) is 0 Å². The van der Waals surface area contributed by atoms with Gasteiger partial charge in [0.1, 0.15) is 18.3 Å². The predicted octanol–water partition coefficient (Wildman–Crippen LogP) is 4.33. The first-order valence-electron chi connectivity index (χ1n) is 17.2. The Labute approximate surface area is 271 Å². The summed E-state index contributed by atoms with van der Waals surface area (Å²) in [6.07, 6.45) is 0.183. The Balaban J connectivity index is 1.31. The van der Waals surface area contributed by atoms with Gasteiger partial charge in [0.15, 0.2) is 18.2 Å². The third kappa shape index (κ3) is 4.49. The zero-order valence-electron chi connectivity index (χ0n) is 28.4. The van der Waals surface area contributed by atoms with Crippen LogP contribution in [0.1, 0.15) is 106 Å². The summed E-state index contributed by atoms with van der Waals surface area (Å²) in [5.74, 6) is -2.15. The Morgan fingerprint density at radius 3 is 2.13 bits per heavy atom. The topological polar surface area (TPSA) is 171 Å². The molecule has 10 heteroatoms. The SMILES string of the molecule is CC1(C(=O)O)CCC2(C)CCC3(C)C(=CC(=O)C4C5(C)CCC(OC6OC(C(=O)O)C(O)C(O)C6O)C(C)(C)C5CCC43C)C2C1. The number of hydrogen-bond donors (Lipinski definition) is 5. The number of aliphatic hydroxyl groups is 3. The van der Waals surface area contributed by atoms with E-state index in [9.17, 15) is 39.9 Å². The summed E-state index contributed by atoms with van der Waals surface area (Å²) in [6, 6.07) is 0. The number of ether oxygens (including phenoxy) is 2. The molecule has 0 aromatic carbocycles. The highest BCUT2D eigenvalue weighted by Gasteiger charge is 2.70. The minimum atomic E-state index is -1.79. The van der Waals surface area contributed by atoms with Gasteiger partial charge in [0, 0.05) is 5.92 Å². The first-order valence-corrected chi connectivity index (χ1v) is 17.2. The van der Waals surface area contributed by atoms with E-state index in [1.54, 1.807) is 0 Å². The number of aliphatic hydroxyl groups excluding tert-OH is 3. The average molecular weight is 647 g/mol. The van der Waals surface area contributed by atoms with Crippen LogP contribution in [0.5, 0.6) is 0 Å². The molecule has 5 aliphatic carbocycles. The second-order valence-corrected chi connectivity index (χ2v) is 17.8. The van der Waals surface area contributed by atoms with E-state index in [-0.39, 0.29) is 45.2 Å². The first kappa shape index (κ1) is 34.0. The van der Waals surface area contributed by atoms with Gasteiger partial charge in [-0.15, -0.1) is 0 Å². The van der Waals surface area contributed by atoms with Gasteiger partial charge in [0.05, 0.1) is 11.5 Å². The molecule has 14 unspecified atom stereocenters. The molecule has 5 N–H and O–H groups in total. The lowest BCUT2D eigenvalue weighted by atomic mass is 9.33. The van der Waals surface area contributed by atoms with Gasteiger partial charge in [-0.2, -0.15) is 0 Å². The number of ketones is 1. The van der Waals surface area contributed by atoms with Gasteiger partial charge >= 0.3 is 11.9 Å². The normalized spacial score (nSPS) is 53.1. The molecule has 0 spiro atoms. The van der Waals surface area contributed by atoms with Crippen LogP contribution in [0.4, 0.5) is 0 Å². The maximum Gasteiger partial charge on any atom is 0.335 e. The highest BCUT2D eigenvalue weighted by atomic mass is 16.7. The van der Waals surface area contributed by atoms with Crippen LogP contribution in [-0.4, -0.2) is 80.1 Å². The van der Waals surface area contributed by atoms with Crippen molar-refractivity contribution in [3.63, 3.8) is 0 Å². The number of aliphatic carboxylic acids is 2. The van der Waals surface area contributed by atoms with Crippen LogP contribution < -0.4 is 0 Å². The molecule has 4 saturated carbocycles. The van der Waals surface area contributed by atoms with E-state index < -0.39 is 59.6 Å². The zero-order chi connectivity index (χ0) is 34.0. The van der Waals surface area contributed by atoms with Crippen molar-refractivity contribution in [2.75, 3.05) is 0 Å². The van der Waals surface area contributed by atoms with E-state index >= 15 is 0 Å². The molecule has 5 fully saturated rings. The van der Waals surface area contributed by atoms with Gasteiger partial charge in [-0.25, -0.2) is 4.79 Å². The molecule has 1 aliphatic heterocycles. The molecule has 10 nitrogen and oxygen atoms in total. The van der Waals surface area contributed by atoms with Crippen molar-refractivity contribution in [1.82, 2.24) is 0 Å². The zero-order valence-corrected chi connectivity index (χ0v) is 28.4. The number of allylic oxidation sites excluding steroid dienone is 2. The molecular weight excluding hydrogens is 592 g/mol. The van der Waals surface area contributed by atoms with Crippen LogP contribution in [0.25, 0.3) is 0 Å². The fourth-order valence-corrected chi connectivity index (χ4v) is 11.9. The standard InChI is InChI=1S/C36H54O10/c1-31(2)21-8-11-36(7)27(34(21,5)10-9-22(31)45-29-25(40)23(38)24(39)26(46-29)28(41)42)20(37)16-18-19-17-33(4,30(43)44)13-12-32(19,3)14-15-35(18,36)6/h16,19,21-27,29,38-40H,8-15,17H2,1-7H3,(H,41,42)(H,43,44). The fraction of sp³-hybridized carbons (Fsp3) is 0.861. The number of fused-ring (bicyclic) bond motifs is 7.